The normalized spacial score (nSPS) is 38.6. The molecule has 5 heteroatoms. The van der Waals surface area contributed by atoms with Gasteiger partial charge in [-0.05, 0) is 19.3 Å². The summed E-state index contributed by atoms with van der Waals surface area (Å²) in [6.45, 7) is 0.601. The Morgan fingerprint density at radius 3 is 2.43 bits per heavy atom. The zero-order valence-electron chi connectivity index (χ0n) is 8.22. The van der Waals surface area contributed by atoms with Crippen molar-refractivity contribution in [3.8, 4) is 0 Å². The monoisotopic (exact) mass is 219 g/mol. The number of nitrogens with zero attached hydrogens (tertiary/aromatic N) is 1. The van der Waals surface area contributed by atoms with E-state index in [2.05, 4.69) is 0 Å². The molecule has 0 spiro atoms. The van der Waals surface area contributed by atoms with Gasteiger partial charge in [-0.3, -0.25) is 0 Å². The molecule has 82 valence electrons. The second-order valence-electron chi connectivity index (χ2n) is 4.20. The maximum absolute atomic E-state index is 11.6. The van der Waals surface area contributed by atoms with Gasteiger partial charge in [-0.2, -0.15) is 4.31 Å². The molecule has 14 heavy (non-hydrogen) atoms. The Hall–Kier alpha value is -0.130. The molecule has 2 aliphatic rings. The van der Waals surface area contributed by atoms with Crippen molar-refractivity contribution in [1.82, 2.24) is 4.31 Å². The number of sulfonamides is 1. The van der Waals surface area contributed by atoms with Crippen LogP contribution in [0.3, 0.4) is 0 Å². The molecule has 2 fully saturated rings. The van der Waals surface area contributed by atoms with Gasteiger partial charge in [0.15, 0.2) is 0 Å². The third-order valence-electron chi connectivity index (χ3n) is 3.20. The maximum Gasteiger partial charge on any atom is 0.214 e. The topological polar surface area (TPSA) is 57.6 Å². The smallest absolute Gasteiger partial charge is 0.214 e. The zero-order valence-corrected chi connectivity index (χ0v) is 9.04. The Kier molecular flexibility index (Phi) is 2.81. The van der Waals surface area contributed by atoms with Gasteiger partial charge in [-0.1, -0.05) is 12.8 Å². The number of hydrogen-bond acceptors (Lipinski definition) is 3. The summed E-state index contributed by atoms with van der Waals surface area (Å²) in [6, 6.07) is -0.142. The lowest BCUT2D eigenvalue weighted by atomic mass is 9.92. The first kappa shape index (κ1) is 10.4. The van der Waals surface area contributed by atoms with Crippen LogP contribution in [0, 0.1) is 0 Å². The minimum absolute atomic E-state index is 0.142. The Morgan fingerprint density at radius 2 is 1.86 bits per heavy atom. The van der Waals surface area contributed by atoms with Crippen LogP contribution in [0.5, 0.6) is 0 Å². The Balaban J connectivity index is 2.13. The molecule has 0 bridgehead atoms. The van der Waals surface area contributed by atoms with Gasteiger partial charge in [0.25, 0.3) is 0 Å². The summed E-state index contributed by atoms with van der Waals surface area (Å²) < 4.78 is 24.8. The van der Waals surface area contributed by atoms with Crippen LogP contribution in [0.4, 0.5) is 0 Å². The summed E-state index contributed by atoms with van der Waals surface area (Å²) in [6.07, 6.45) is 3.89. The van der Waals surface area contributed by atoms with Gasteiger partial charge in [0.2, 0.25) is 10.0 Å². The fourth-order valence-corrected chi connectivity index (χ4v) is 4.25. The zero-order chi connectivity index (χ0) is 10.2. The van der Waals surface area contributed by atoms with E-state index in [0.717, 1.165) is 25.7 Å². The molecule has 2 rings (SSSR count). The summed E-state index contributed by atoms with van der Waals surface area (Å²) >= 11 is 0. The molecule has 1 N–H and O–H groups in total. The summed E-state index contributed by atoms with van der Waals surface area (Å²) in [4.78, 5) is 0. The molecule has 0 aromatic rings. The first-order chi connectivity index (χ1) is 6.61. The average Bonchev–Trinajstić information content (AvgIpc) is 2.46. The van der Waals surface area contributed by atoms with Crippen molar-refractivity contribution in [2.45, 2.75) is 44.2 Å². The quantitative estimate of drug-likeness (QED) is 0.691. The molecule has 4 nitrogen and oxygen atoms in total. The van der Waals surface area contributed by atoms with Crippen molar-refractivity contribution in [3.63, 3.8) is 0 Å². The minimum atomic E-state index is -3.05. The Morgan fingerprint density at radius 1 is 1.14 bits per heavy atom. The van der Waals surface area contributed by atoms with Crippen LogP contribution in [0.1, 0.15) is 32.1 Å². The predicted octanol–water partition coefficient (Wildman–Crippen LogP) is 0.325. The van der Waals surface area contributed by atoms with Crippen molar-refractivity contribution < 1.29 is 13.5 Å². The fraction of sp³-hybridized carbons (Fsp3) is 1.00. The molecule has 2 atom stereocenters. The second kappa shape index (κ2) is 3.79. The molecule has 0 aromatic carbocycles. The van der Waals surface area contributed by atoms with Gasteiger partial charge in [0.05, 0.1) is 17.9 Å². The summed E-state index contributed by atoms with van der Waals surface area (Å²) in [7, 11) is -3.05. The van der Waals surface area contributed by atoms with Crippen LogP contribution in [0.25, 0.3) is 0 Å². The van der Waals surface area contributed by atoms with E-state index in [4.69, 9.17) is 0 Å². The Labute approximate surface area is 85.0 Å². The molecule has 1 aliphatic heterocycles. The van der Waals surface area contributed by atoms with E-state index < -0.39 is 16.1 Å². The lowest BCUT2D eigenvalue weighted by Crippen LogP contribution is -2.46. The van der Waals surface area contributed by atoms with E-state index in [0.29, 0.717) is 13.0 Å². The number of aliphatic hydroxyl groups excluding tert-OH is 1. The maximum atomic E-state index is 11.6. The highest BCUT2D eigenvalue weighted by Crippen LogP contribution is 2.28. The van der Waals surface area contributed by atoms with Gasteiger partial charge in [0.1, 0.15) is 0 Å². The third kappa shape index (κ3) is 1.81. The molecule has 0 amide bonds. The van der Waals surface area contributed by atoms with Gasteiger partial charge in [0, 0.05) is 6.54 Å². The first-order valence-corrected chi connectivity index (χ1v) is 6.90. The van der Waals surface area contributed by atoms with Crippen molar-refractivity contribution in [1.29, 1.82) is 0 Å². The highest BCUT2D eigenvalue weighted by atomic mass is 32.2. The molecular weight excluding hydrogens is 202 g/mol. The van der Waals surface area contributed by atoms with E-state index >= 15 is 0 Å². The molecule has 2 unspecified atom stereocenters. The molecular formula is C9H17NO3S. The molecule has 1 aliphatic carbocycles. The van der Waals surface area contributed by atoms with Crippen molar-refractivity contribution >= 4 is 10.0 Å². The second-order valence-corrected chi connectivity index (χ2v) is 6.24. The van der Waals surface area contributed by atoms with Crippen molar-refractivity contribution in [3.05, 3.63) is 0 Å². The van der Waals surface area contributed by atoms with Crippen LogP contribution in [-0.2, 0) is 10.0 Å². The van der Waals surface area contributed by atoms with Crippen molar-refractivity contribution in [2.75, 3.05) is 12.3 Å². The first-order valence-electron chi connectivity index (χ1n) is 5.29. The van der Waals surface area contributed by atoms with E-state index in [1.807, 2.05) is 0 Å². The SMILES string of the molecule is O=S1(=O)CCCN1C1CCCCC1O. The van der Waals surface area contributed by atoms with E-state index in [1.165, 1.54) is 4.31 Å². The van der Waals surface area contributed by atoms with Gasteiger partial charge < -0.3 is 5.11 Å². The highest BCUT2D eigenvalue weighted by molar-refractivity contribution is 7.89. The molecule has 1 heterocycles. The molecule has 0 aromatic heterocycles. The van der Waals surface area contributed by atoms with Gasteiger partial charge in [-0.25, -0.2) is 8.42 Å². The van der Waals surface area contributed by atoms with Gasteiger partial charge in [-0.15, -0.1) is 0 Å². The number of hydrogen-bond donors (Lipinski definition) is 1. The van der Waals surface area contributed by atoms with Crippen molar-refractivity contribution in [2.24, 2.45) is 0 Å². The van der Waals surface area contributed by atoms with E-state index in [1.54, 1.807) is 0 Å². The standard InChI is InChI=1S/C9H17NO3S/c11-9-5-2-1-4-8(9)10-6-3-7-14(10,12)13/h8-9,11H,1-7H2. The summed E-state index contributed by atoms with van der Waals surface area (Å²) in [5.74, 6) is 0.260. The highest BCUT2D eigenvalue weighted by Gasteiger charge is 2.38. The fourth-order valence-electron chi connectivity index (χ4n) is 2.46. The largest absolute Gasteiger partial charge is 0.391 e. The summed E-state index contributed by atoms with van der Waals surface area (Å²) in [5, 5.41) is 9.76. The molecule has 1 saturated heterocycles. The lowest BCUT2D eigenvalue weighted by molar-refractivity contribution is 0.0588. The Bertz CT molecular complexity index is 301. The molecule has 1 saturated carbocycles. The number of rotatable bonds is 1. The average molecular weight is 219 g/mol. The summed E-state index contributed by atoms with van der Waals surface area (Å²) in [5.41, 5.74) is 0. The number of aliphatic hydroxyl groups is 1. The van der Waals surface area contributed by atoms with Crippen LogP contribution in [-0.4, -0.2) is 42.3 Å². The minimum Gasteiger partial charge on any atom is -0.391 e. The molecule has 0 radical (unpaired) electrons. The van der Waals surface area contributed by atoms with Crippen LogP contribution >= 0.6 is 0 Å². The van der Waals surface area contributed by atoms with Crippen LogP contribution in [0.15, 0.2) is 0 Å². The predicted molar refractivity (Wildman–Crippen MR) is 53.4 cm³/mol. The van der Waals surface area contributed by atoms with E-state index in [9.17, 15) is 13.5 Å². The van der Waals surface area contributed by atoms with Gasteiger partial charge >= 0.3 is 0 Å². The third-order valence-corrected chi connectivity index (χ3v) is 5.17. The lowest BCUT2D eigenvalue weighted by Gasteiger charge is -2.33. The van der Waals surface area contributed by atoms with Crippen LogP contribution in [0.2, 0.25) is 0 Å². The van der Waals surface area contributed by atoms with Crippen LogP contribution < -0.4 is 0 Å². The van der Waals surface area contributed by atoms with E-state index in [-0.39, 0.29) is 11.8 Å².